The number of aryl methyl sites for hydroxylation is 1. The van der Waals surface area contributed by atoms with Crippen molar-refractivity contribution in [1.82, 2.24) is 9.80 Å². The van der Waals surface area contributed by atoms with E-state index in [1.807, 2.05) is 13.0 Å². The molecule has 1 N–H and O–H groups in total. The lowest BCUT2D eigenvalue weighted by Crippen LogP contribution is -2.40. The van der Waals surface area contributed by atoms with Crippen LogP contribution in [0.1, 0.15) is 11.1 Å². The van der Waals surface area contributed by atoms with Crippen LogP contribution in [0.2, 0.25) is 0 Å². The molecule has 0 spiro atoms. The summed E-state index contributed by atoms with van der Waals surface area (Å²) >= 11 is 2.30. The summed E-state index contributed by atoms with van der Waals surface area (Å²) < 4.78 is 6.53. The molecule has 5 heteroatoms. The third-order valence-corrected chi connectivity index (χ3v) is 4.31. The Kier molecular flexibility index (Phi) is 6.07. The Morgan fingerprint density at radius 2 is 2.05 bits per heavy atom. The molecule has 1 aromatic rings. The first kappa shape index (κ1) is 16.0. The van der Waals surface area contributed by atoms with Gasteiger partial charge < -0.3 is 14.7 Å². The summed E-state index contributed by atoms with van der Waals surface area (Å²) in [6, 6.07) is 4.07. The van der Waals surface area contributed by atoms with Crippen LogP contribution in [0.4, 0.5) is 0 Å². The van der Waals surface area contributed by atoms with Crippen LogP contribution >= 0.6 is 22.6 Å². The summed E-state index contributed by atoms with van der Waals surface area (Å²) in [6.45, 7) is 8.56. The Balaban J connectivity index is 1.86. The lowest BCUT2D eigenvalue weighted by molar-refractivity contribution is 0.0342. The second kappa shape index (κ2) is 7.59. The molecule has 0 aromatic heterocycles. The van der Waals surface area contributed by atoms with Gasteiger partial charge in [-0.1, -0.05) is 0 Å². The third kappa shape index (κ3) is 4.58. The van der Waals surface area contributed by atoms with Gasteiger partial charge in [0.05, 0.1) is 13.2 Å². The monoisotopic (exact) mass is 390 g/mol. The molecule has 0 bridgehead atoms. The smallest absolute Gasteiger partial charge is 0.123 e. The van der Waals surface area contributed by atoms with Gasteiger partial charge in [-0.05, 0) is 54.3 Å². The third-order valence-electron chi connectivity index (χ3n) is 3.69. The first-order valence-electron chi connectivity index (χ1n) is 7.03. The second-order valence-corrected chi connectivity index (χ2v) is 6.67. The van der Waals surface area contributed by atoms with E-state index in [4.69, 9.17) is 4.74 Å². The first-order valence-corrected chi connectivity index (χ1v) is 8.11. The highest BCUT2D eigenvalue weighted by Crippen LogP contribution is 2.25. The van der Waals surface area contributed by atoms with E-state index in [0.29, 0.717) is 5.75 Å². The second-order valence-electron chi connectivity index (χ2n) is 5.42. The lowest BCUT2D eigenvalue weighted by Gasteiger charge is -2.28. The van der Waals surface area contributed by atoms with Gasteiger partial charge in [0.15, 0.2) is 0 Å². The van der Waals surface area contributed by atoms with E-state index in [9.17, 15) is 5.11 Å². The molecule has 1 heterocycles. The molecule has 0 radical (unpaired) electrons. The highest BCUT2D eigenvalue weighted by atomic mass is 127. The van der Waals surface area contributed by atoms with Crippen LogP contribution in [0.3, 0.4) is 0 Å². The van der Waals surface area contributed by atoms with E-state index in [-0.39, 0.29) is 0 Å². The van der Waals surface area contributed by atoms with Gasteiger partial charge in [0.1, 0.15) is 5.75 Å². The molecule has 0 aliphatic carbocycles. The average Bonchev–Trinajstić information content (AvgIpc) is 2.43. The van der Waals surface area contributed by atoms with E-state index in [0.717, 1.165) is 57.1 Å². The number of phenolic OH excluding ortho intramolecular Hbond substituents is 1. The maximum Gasteiger partial charge on any atom is 0.123 e. The van der Waals surface area contributed by atoms with Crippen molar-refractivity contribution in [1.29, 1.82) is 0 Å². The fourth-order valence-electron chi connectivity index (χ4n) is 2.43. The molecule has 1 aliphatic heterocycles. The van der Waals surface area contributed by atoms with Crippen LogP contribution in [0.25, 0.3) is 0 Å². The molecule has 4 nitrogen and oxygen atoms in total. The van der Waals surface area contributed by atoms with Gasteiger partial charge in [-0.25, -0.2) is 0 Å². The molecule has 1 fully saturated rings. The summed E-state index contributed by atoms with van der Waals surface area (Å²) in [5.41, 5.74) is 1.97. The topological polar surface area (TPSA) is 35.9 Å². The predicted molar refractivity (Wildman–Crippen MR) is 89.2 cm³/mol. The minimum atomic E-state index is 0.434. The molecule has 0 atom stereocenters. The van der Waals surface area contributed by atoms with E-state index >= 15 is 0 Å². The Labute approximate surface area is 134 Å². The molecule has 0 unspecified atom stereocenters. The Morgan fingerprint density at radius 1 is 1.35 bits per heavy atom. The van der Waals surface area contributed by atoms with Gasteiger partial charge in [-0.2, -0.15) is 0 Å². The molecule has 2 rings (SSSR count). The van der Waals surface area contributed by atoms with E-state index in [1.54, 1.807) is 0 Å². The lowest BCUT2D eigenvalue weighted by atomic mass is 10.1. The number of aromatic hydroxyl groups is 1. The van der Waals surface area contributed by atoms with Crippen LogP contribution < -0.4 is 0 Å². The zero-order valence-corrected chi connectivity index (χ0v) is 14.4. The van der Waals surface area contributed by atoms with Gasteiger partial charge in [-0.15, -0.1) is 0 Å². The van der Waals surface area contributed by atoms with E-state index in [1.165, 1.54) is 3.57 Å². The van der Waals surface area contributed by atoms with Crippen LogP contribution in [0, 0.1) is 10.5 Å². The zero-order valence-electron chi connectivity index (χ0n) is 12.2. The predicted octanol–water partition coefficient (Wildman–Crippen LogP) is 2.07. The number of benzene rings is 1. The van der Waals surface area contributed by atoms with Crippen molar-refractivity contribution in [3.05, 3.63) is 26.8 Å². The summed E-state index contributed by atoms with van der Waals surface area (Å²) in [7, 11) is 2.11. The molecule has 1 aromatic carbocycles. The molecule has 1 aliphatic rings. The van der Waals surface area contributed by atoms with Crippen molar-refractivity contribution in [2.75, 3.05) is 46.4 Å². The standard InChI is InChI=1S/C15H23IN2O2/c1-12-9-14(16)10-13(15(12)19)11-17(2)3-4-18-5-7-20-8-6-18/h9-10,19H,3-8,11H2,1-2H3. The molecular formula is C15H23IN2O2. The Hall–Kier alpha value is -0.370. The molecular weight excluding hydrogens is 367 g/mol. The highest BCUT2D eigenvalue weighted by Gasteiger charge is 2.12. The van der Waals surface area contributed by atoms with Gasteiger partial charge in [-0.3, -0.25) is 4.90 Å². The maximum atomic E-state index is 10.1. The number of ether oxygens (including phenoxy) is 1. The molecule has 0 amide bonds. The van der Waals surface area contributed by atoms with Crippen molar-refractivity contribution in [3.63, 3.8) is 0 Å². The Morgan fingerprint density at radius 3 is 2.75 bits per heavy atom. The molecule has 0 saturated carbocycles. The average molecular weight is 390 g/mol. The van der Waals surface area contributed by atoms with Crippen molar-refractivity contribution < 1.29 is 9.84 Å². The first-order chi connectivity index (χ1) is 9.56. The number of morpholine rings is 1. The Bertz CT molecular complexity index is 448. The number of hydrogen-bond donors (Lipinski definition) is 1. The number of likely N-dealkylation sites (N-methyl/N-ethyl adjacent to an activating group) is 1. The van der Waals surface area contributed by atoms with Gasteiger partial charge >= 0.3 is 0 Å². The summed E-state index contributed by atoms with van der Waals surface area (Å²) in [5.74, 6) is 0.434. The van der Waals surface area contributed by atoms with Gasteiger partial charge in [0, 0.05) is 41.9 Å². The van der Waals surface area contributed by atoms with Crippen molar-refractivity contribution >= 4 is 22.6 Å². The number of halogens is 1. The largest absolute Gasteiger partial charge is 0.507 e. The van der Waals surface area contributed by atoms with Crippen LogP contribution in [0.5, 0.6) is 5.75 Å². The van der Waals surface area contributed by atoms with Crippen molar-refractivity contribution in [2.45, 2.75) is 13.5 Å². The number of hydrogen-bond acceptors (Lipinski definition) is 4. The fourth-order valence-corrected chi connectivity index (χ4v) is 3.28. The maximum absolute atomic E-state index is 10.1. The van der Waals surface area contributed by atoms with E-state index < -0.39 is 0 Å². The number of nitrogens with zero attached hydrogens (tertiary/aromatic N) is 2. The summed E-state index contributed by atoms with van der Waals surface area (Å²) in [5, 5.41) is 10.1. The normalized spacial score (nSPS) is 16.8. The van der Waals surface area contributed by atoms with Crippen LogP contribution in [-0.2, 0) is 11.3 Å². The van der Waals surface area contributed by atoms with Gasteiger partial charge in [0.2, 0.25) is 0 Å². The highest BCUT2D eigenvalue weighted by molar-refractivity contribution is 14.1. The van der Waals surface area contributed by atoms with Crippen molar-refractivity contribution in [2.24, 2.45) is 0 Å². The number of rotatable bonds is 5. The minimum Gasteiger partial charge on any atom is -0.507 e. The number of phenols is 1. The van der Waals surface area contributed by atoms with Crippen LogP contribution in [0.15, 0.2) is 12.1 Å². The van der Waals surface area contributed by atoms with E-state index in [2.05, 4.69) is 45.5 Å². The zero-order chi connectivity index (χ0) is 14.5. The van der Waals surface area contributed by atoms with Gasteiger partial charge in [0.25, 0.3) is 0 Å². The fraction of sp³-hybridized carbons (Fsp3) is 0.600. The SMILES string of the molecule is Cc1cc(I)cc(CN(C)CCN2CCOCC2)c1O. The molecule has 20 heavy (non-hydrogen) atoms. The quantitative estimate of drug-likeness (QED) is 0.782. The van der Waals surface area contributed by atoms with Crippen molar-refractivity contribution in [3.8, 4) is 5.75 Å². The van der Waals surface area contributed by atoms with Crippen LogP contribution in [-0.4, -0.2) is 61.3 Å². The molecule has 112 valence electrons. The summed E-state index contributed by atoms with van der Waals surface area (Å²) in [6.07, 6.45) is 0. The summed E-state index contributed by atoms with van der Waals surface area (Å²) in [4.78, 5) is 4.69. The minimum absolute atomic E-state index is 0.434. The molecule has 1 saturated heterocycles.